The Kier molecular flexibility index (Phi) is 4.01. The summed E-state index contributed by atoms with van der Waals surface area (Å²) in [4.78, 5) is 38.3. The Morgan fingerprint density at radius 1 is 0.731 bits per heavy atom. The predicted octanol–water partition coefficient (Wildman–Crippen LogP) is 4.48. The van der Waals surface area contributed by atoms with Gasteiger partial charge in [0.2, 0.25) is 0 Å². The zero-order chi connectivity index (χ0) is 18.3. The van der Waals surface area contributed by atoms with Crippen molar-refractivity contribution in [3.05, 3.63) is 99.0 Å². The highest BCUT2D eigenvalue weighted by atomic mass is 79.9. The number of halogens is 1. The number of hydrogen-bond donors (Lipinski definition) is 1. The number of nitrogens with one attached hydrogen (secondary N) is 1. The lowest BCUT2D eigenvalue weighted by molar-refractivity contribution is 0.0978. The Morgan fingerprint density at radius 2 is 1.35 bits per heavy atom. The average molecular weight is 406 g/mol. The first-order valence-electron chi connectivity index (χ1n) is 7.95. The van der Waals surface area contributed by atoms with Crippen LogP contribution in [0.1, 0.15) is 42.2 Å². The molecule has 1 aliphatic carbocycles. The molecule has 1 amide bonds. The molecule has 0 saturated heterocycles. The van der Waals surface area contributed by atoms with Crippen molar-refractivity contribution in [2.75, 3.05) is 5.32 Å². The molecule has 0 fully saturated rings. The van der Waals surface area contributed by atoms with Gasteiger partial charge in [0.1, 0.15) is 0 Å². The molecule has 0 saturated carbocycles. The van der Waals surface area contributed by atoms with Gasteiger partial charge in [0.15, 0.2) is 11.6 Å². The largest absolute Gasteiger partial charge is 0.321 e. The first-order valence-corrected chi connectivity index (χ1v) is 8.74. The molecule has 0 radical (unpaired) electrons. The number of hydrogen-bond acceptors (Lipinski definition) is 3. The highest BCUT2D eigenvalue weighted by Gasteiger charge is 2.31. The third kappa shape index (κ3) is 2.57. The summed E-state index contributed by atoms with van der Waals surface area (Å²) in [5.41, 5.74) is 2.05. The SMILES string of the molecule is O=C(Nc1cccc2c1C(=O)c1ccccc1C2=O)c1ccccc1Br. The number of rotatable bonds is 2. The Morgan fingerprint density at radius 3 is 2.08 bits per heavy atom. The van der Waals surface area contributed by atoms with Crippen LogP contribution in [-0.4, -0.2) is 17.5 Å². The van der Waals surface area contributed by atoms with E-state index in [1.165, 1.54) is 0 Å². The van der Waals surface area contributed by atoms with Crippen LogP contribution in [-0.2, 0) is 0 Å². The minimum Gasteiger partial charge on any atom is -0.321 e. The van der Waals surface area contributed by atoms with E-state index in [1.54, 1.807) is 60.7 Å². The summed E-state index contributed by atoms with van der Waals surface area (Å²) in [6.07, 6.45) is 0. The van der Waals surface area contributed by atoms with E-state index in [9.17, 15) is 14.4 Å². The molecule has 1 aliphatic rings. The second-order valence-electron chi connectivity index (χ2n) is 5.87. The van der Waals surface area contributed by atoms with Crippen molar-refractivity contribution < 1.29 is 14.4 Å². The van der Waals surface area contributed by atoms with Gasteiger partial charge in [-0.15, -0.1) is 0 Å². The molecule has 0 aliphatic heterocycles. The standard InChI is InChI=1S/C21H12BrNO3/c22-16-10-4-3-8-14(16)21(26)23-17-11-5-9-15-18(17)20(25)13-7-2-1-6-12(13)19(15)24/h1-11H,(H,23,26). The summed E-state index contributed by atoms with van der Waals surface area (Å²) in [6, 6.07) is 18.6. The van der Waals surface area contributed by atoms with Gasteiger partial charge in [-0.2, -0.15) is 0 Å². The van der Waals surface area contributed by atoms with Crippen LogP contribution in [0.2, 0.25) is 0 Å². The lowest BCUT2D eigenvalue weighted by atomic mass is 9.83. The summed E-state index contributed by atoms with van der Waals surface area (Å²) in [6.45, 7) is 0. The Bertz CT molecular complexity index is 1090. The monoisotopic (exact) mass is 405 g/mol. The van der Waals surface area contributed by atoms with E-state index in [4.69, 9.17) is 0 Å². The summed E-state index contributed by atoms with van der Waals surface area (Å²) >= 11 is 3.35. The topological polar surface area (TPSA) is 63.2 Å². The molecule has 0 spiro atoms. The lowest BCUT2D eigenvalue weighted by Crippen LogP contribution is -2.24. The number of benzene rings is 3. The van der Waals surface area contributed by atoms with Gasteiger partial charge in [-0.05, 0) is 34.1 Å². The second-order valence-corrected chi connectivity index (χ2v) is 6.72. The fraction of sp³-hybridized carbons (Fsp3) is 0. The third-order valence-electron chi connectivity index (χ3n) is 4.32. The number of carbonyl (C=O) groups excluding carboxylic acids is 3. The Hall–Kier alpha value is -3.05. The van der Waals surface area contributed by atoms with E-state index >= 15 is 0 Å². The van der Waals surface area contributed by atoms with E-state index in [2.05, 4.69) is 21.2 Å². The number of ketones is 2. The van der Waals surface area contributed by atoms with Crippen LogP contribution >= 0.6 is 15.9 Å². The molecule has 5 heteroatoms. The van der Waals surface area contributed by atoms with Gasteiger partial charge in [-0.3, -0.25) is 14.4 Å². The highest BCUT2D eigenvalue weighted by Crippen LogP contribution is 2.32. The number of amides is 1. The van der Waals surface area contributed by atoms with Crippen LogP contribution in [0.3, 0.4) is 0 Å². The molecular formula is C21H12BrNO3. The molecule has 3 aromatic carbocycles. The van der Waals surface area contributed by atoms with Crippen LogP contribution in [0.4, 0.5) is 5.69 Å². The molecule has 3 aromatic rings. The van der Waals surface area contributed by atoms with E-state index in [0.717, 1.165) is 0 Å². The molecule has 4 rings (SSSR count). The maximum Gasteiger partial charge on any atom is 0.256 e. The predicted molar refractivity (Wildman–Crippen MR) is 102 cm³/mol. The van der Waals surface area contributed by atoms with Crippen molar-refractivity contribution in [1.29, 1.82) is 0 Å². The molecule has 0 heterocycles. The zero-order valence-electron chi connectivity index (χ0n) is 13.5. The summed E-state index contributed by atoms with van der Waals surface area (Å²) < 4.78 is 0.648. The van der Waals surface area contributed by atoms with Gasteiger partial charge in [0.25, 0.3) is 5.91 Å². The zero-order valence-corrected chi connectivity index (χ0v) is 15.0. The van der Waals surface area contributed by atoms with Gasteiger partial charge in [0.05, 0.1) is 16.8 Å². The Labute approximate surface area is 158 Å². The van der Waals surface area contributed by atoms with Gasteiger partial charge in [-0.1, -0.05) is 48.5 Å². The van der Waals surface area contributed by atoms with Gasteiger partial charge in [0, 0.05) is 21.2 Å². The molecule has 1 N–H and O–H groups in total. The molecule has 0 bridgehead atoms. The van der Waals surface area contributed by atoms with Gasteiger partial charge >= 0.3 is 0 Å². The number of carbonyl (C=O) groups is 3. The molecular weight excluding hydrogens is 394 g/mol. The maximum atomic E-state index is 12.9. The fourth-order valence-corrected chi connectivity index (χ4v) is 3.55. The van der Waals surface area contributed by atoms with Crippen LogP contribution in [0.15, 0.2) is 71.2 Å². The van der Waals surface area contributed by atoms with Crippen molar-refractivity contribution in [3.63, 3.8) is 0 Å². The smallest absolute Gasteiger partial charge is 0.256 e. The Balaban J connectivity index is 1.79. The quantitative estimate of drug-likeness (QED) is 0.534. The molecule has 26 heavy (non-hydrogen) atoms. The molecule has 126 valence electrons. The summed E-state index contributed by atoms with van der Waals surface area (Å²) in [5.74, 6) is -0.838. The first-order chi connectivity index (χ1) is 12.6. The summed E-state index contributed by atoms with van der Waals surface area (Å²) in [5, 5.41) is 2.77. The van der Waals surface area contributed by atoms with E-state index in [-0.39, 0.29) is 23.0 Å². The van der Waals surface area contributed by atoms with Crippen LogP contribution in [0, 0.1) is 0 Å². The van der Waals surface area contributed by atoms with E-state index < -0.39 is 0 Å². The maximum absolute atomic E-state index is 12.9. The van der Waals surface area contributed by atoms with Crippen molar-refractivity contribution in [2.24, 2.45) is 0 Å². The second kappa shape index (κ2) is 6.35. The minimum absolute atomic E-state index is 0.216. The van der Waals surface area contributed by atoms with Crippen molar-refractivity contribution in [3.8, 4) is 0 Å². The fourth-order valence-electron chi connectivity index (χ4n) is 3.08. The molecule has 0 atom stereocenters. The molecule has 4 nitrogen and oxygen atoms in total. The first kappa shape index (κ1) is 16.4. The normalized spacial score (nSPS) is 12.3. The lowest BCUT2D eigenvalue weighted by Gasteiger charge is -2.20. The molecule has 0 unspecified atom stereocenters. The number of anilines is 1. The van der Waals surface area contributed by atoms with Crippen molar-refractivity contribution in [2.45, 2.75) is 0 Å². The van der Waals surface area contributed by atoms with E-state index in [1.807, 2.05) is 6.07 Å². The van der Waals surface area contributed by atoms with E-state index in [0.29, 0.717) is 32.4 Å². The minimum atomic E-state index is -0.356. The number of fused-ring (bicyclic) bond motifs is 2. The van der Waals surface area contributed by atoms with Gasteiger partial charge < -0.3 is 5.32 Å². The highest BCUT2D eigenvalue weighted by molar-refractivity contribution is 9.10. The van der Waals surface area contributed by atoms with Gasteiger partial charge in [-0.25, -0.2) is 0 Å². The van der Waals surface area contributed by atoms with Crippen molar-refractivity contribution >= 4 is 39.1 Å². The molecule has 0 aromatic heterocycles. The van der Waals surface area contributed by atoms with Crippen LogP contribution in [0.25, 0.3) is 0 Å². The third-order valence-corrected chi connectivity index (χ3v) is 5.01. The van der Waals surface area contributed by atoms with Crippen LogP contribution in [0.5, 0.6) is 0 Å². The average Bonchev–Trinajstić information content (AvgIpc) is 2.66. The van der Waals surface area contributed by atoms with Crippen molar-refractivity contribution in [1.82, 2.24) is 0 Å². The summed E-state index contributed by atoms with van der Waals surface area (Å²) in [7, 11) is 0. The van der Waals surface area contributed by atoms with Crippen LogP contribution < -0.4 is 5.32 Å².